The van der Waals surface area contributed by atoms with Gasteiger partial charge in [-0.3, -0.25) is 0 Å². The maximum absolute atomic E-state index is 3.74. The summed E-state index contributed by atoms with van der Waals surface area (Å²) in [4.78, 5) is 0. The van der Waals surface area contributed by atoms with Gasteiger partial charge in [0, 0.05) is 37.4 Å². The van der Waals surface area contributed by atoms with E-state index in [-0.39, 0.29) is 0 Å². The molecule has 0 aliphatic carbocycles. The van der Waals surface area contributed by atoms with Crippen LogP contribution in [0, 0.1) is 0 Å². The molecule has 0 fully saturated rings. The molecule has 51 heavy (non-hydrogen) atoms. The topological polar surface area (TPSA) is 9.86 Å². The highest BCUT2D eigenvalue weighted by Gasteiger charge is 2.18. The van der Waals surface area contributed by atoms with Gasteiger partial charge in [0.2, 0.25) is 0 Å². The van der Waals surface area contributed by atoms with Crippen molar-refractivity contribution in [2.45, 2.75) is 0 Å². The van der Waals surface area contributed by atoms with Crippen LogP contribution >= 0.6 is 15.9 Å². The quantitative estimate of drug-likeness (QED) is 0.168. The number of hydrogen-bond donors (Lipinski definition) is 0. The zero-order valence-corrected chi connectivity index (χ0v) is 29.3. The molecule has 0 aliphatic heterocycles. The first-order valence-corrected chi connectivity index (χ1v) is 18.1. The number of rotatable bonds is 5. The van der Waals surface area contributed by atoms with Gasteiger partial charge in [0.1, 0.15) is 0 Å². The number of nitrogens with zero attached hydrogens (tertiary/aromatic N) is 2. The van der Waals surface area contributed by atoms with Crippen LogP contribution in [-0.4, -0.2) is 9.13 Å². The standard InChI is InChI=1S/C48H31BrN2/c49-37-14-11-13-32(30-37)34-27-35(33-25-26-42-41-19-7-9-22-44(41)51(47(42)31-33)39-17-5-2-6-18-39)29-36(28-34)40-21-12-24-46-48(40)43-20-8-10-23-45(43)50(46)38-15-3-1-4-16-38/h1-31H. The molecule has 0 radical (unpaired) electrons. The van der Waals surface area contributed by atoms with E-state index in [0.29, 0.717) is 0 Å². The highest BCUT2D eigenvalue weighted by molar-refractivity contribution is 9.10. The van der Waals surface area contributed by atoms with Crippen molar-refractivity contribution in [3.05, 3.63) is 193 Å². The lowest BCUT2D eigenvalue weighted by Gasteiger charge is -2.14. The van der Waals surface area contributed by atoms with E-state index in [4.69, 9.17) is 0 Å². The Hall–Kier alpha value is -6.16. The van der Waals surface area contributed by atoms with Crippen LogP contribution < -0.4 is 0 Å². The Balaban J connectivity index is 1.25. The van der Waals surface area contributed by atoms with Crippen LogP contribution in [0.5, 0.6) is 0 Å². The normalized spacial score (nSPS) is 11.6. The van der Waals surface area contributed by atoms with E-state index in [0.717, 1.165) is 15.8 Å². The third-order valence-corrected chi connectivity index (χ3v) is 10.6. The van der Waals surface area contributed by atoms with Crippen LogP contribution in [0.3, 0.4) is 0 Å². The molecule has 0 saturated heterocycles. The van der Waals surface area contributed by atoms with Crippen LogP contribution in [0.15, 0.2) is 193 Å². The van der Waals surface area contributed by atoms with Crippen LogP contribution in [0.1, 0.15) is 0 Å². The predicted octanol–water partition coefficient (Wildman–Crippen LogP) is 13.6. The van der Waals surface area contributed by atoms with Gasteiger partial charge in [-0.1, -0.05) is 125 Å². The second-order valence-corrected chi connectivity index (χ2v) is 14.0. The van der Waals surface area contributed by atoms with Gasteiger partial charge >= 0.3 is 0 Å². The van der Waals surface area contributed by atoms with Gasteiger partial charge in [-0.05, 0) is 112 Å². The summed E-state index contributed by atoms with van der Waals surface area (Å²) in [7, 11) is 0. The Morgan fingerprint density at radius 3 is 1.55 bits per heavy atom. The van der Waals surface area contributed by atoms with E-state index in [1.165, 1.54) is 77.0 Å². The summed E-state index contributed by atoms with van der Waals surface area (Å²) in [6.07, 6.45) is 0. The van der Waals surface area contributed by atoms with Crippen LogP contribution in [0.25, 0.3) is 88.4 Å². The summed E-state index contributed by atoms with van der Waals surface area (Å²) in [5, 5.41) is 5.01. The van der Waals surface area contributed by atoms with E-state index in [1.807, 2.05) is 0 Å². The minimum Gasteiger partial charge on any atom is -0.309 e. The molecule has 0 spiro atoms. The third-order valence-electron chi connectivity index (χ3n) is 10.1. The summed E-state index contributed by atoms with van der Waals surface area (Å²) >= 11 is 3.74. The molecule has 2 heterocycles. The van der Waals surface area contributed by atoms with Gasteiger partial charge in [-0.2, -0.15) is 0 Å². The van der Waals surface area contributed by atoms with Gasteiger partial charge < -0.3 is 9.13 Å². The van der Waals surface area contributed by atoms with Crippen molar-refractivity contribution < 1.29 is 0 Å². The van der Waals surface area contributed by atoms with Gasteiger partial charge in [-0.25, -0.2) is 0 Å². The van der Waals surface area contributed by atoms with Crippen molar-refractivity contribution in [3.63, 3.8) is 0 Å². The Kier molecular flexibility index (Phi) is 7.00. The number of benzene rings is 8. The molecule has 10 aromatic rings. The lowest BCUT2D eigenvalue weighted by molar-refractivity contribution is 1.18. The Bertz CT molecular complexity index is 2920. The second kappa shape index (κ2) is 12.0. The van der Waals surface area contributed by atoms with Gasteiger partial charge in [0.15, 0.2) is 0 Å². The SMILES string of the molecule is Brc1cccc(-c2cc(-c3ccc4c5ccccc5n(-c5ccccc5)c4c3)cc(-c3cccc4c3c3ccccc3n4-c3ccccc3)c2)c1. The van der Waals surface area contributed by atoms with E-state index in [2.05, 4.69) is 213 Å². The molecule has 0 N–H and O–H groups in total. The number of aromatic nitrogens is 2. The van der Waals surface area contributed by atoms with Crippen molar-refractivity contribution in [3.8, 4) is 44.8 Å². The molecule has 10 rings (SSSR count). The highest BCUT2D eigenvalue weighted by atomic mass is 79.9. The van der Waals surface area contributed by atoms with Crippen molar-refractivity contribution in [1.29, 1.82) is 0 Å². The molecule has 0 aliphatic rings. The second-order valence-electron chi connectivity index (χ2n) is 13.1. The van der Waals surface area contributed by atoms with Gasteiger partial charge in [-0.15, -0.1) is 0 Å². The Labute approximate surface area is 304 Å². The zero-order chi connectivity index (χ0) is 33.9. The fraction of sp³-hybridized carbons (Fsp3) is 0. The molecule has 0 bridgehead atoms. The predicted molar refractivity (Wildman–Crippen MR) is 219 cm³/mol. The molecule has 0 saturated carbocycles. The fourth-order valence-corrected chi connectivity index (χ4v) is 8.30. The number of halogens is 1. The fourth-order valence-electron chi connectivity index (χ4n) is 7.90. The number of fused-ring (bicyclic) bond motifs is 6. The van der Waals surface area contributed by atoms with Gasteiger partial charge in [0.05, 0.1) is 22.1 Å². The molecule has 240 valence electrons. The molecule has 0 atom stereocenters. The molecule has 8 aromatic carbocycles. The minimum atomic E-state index is 1.06. The number of hydrogen-bond acceptors (Lipinski definition) is 0. The summed E-state index contributed by atoms with van der Waals surface area (Å²) in [5.41, 5.74) is 14.2. The summed E-state index contributed by atoms with van der Waals surface area (Å²) in [6, 6.07) is 68.2. The summed E-state index contributed by atoms with van der Waals surface area (Å²) < 4.78 is 5.85. The van der Waals surface area contributed by atoms with E-state index in [9.17, 15) is 0 Å². The minimum absolute atomic E-state index is 1.06. The van der Waals surface area contributed by atoms with E-state index >= 15 is 0 Å². The summed E-state index contributed by atoms with van der Waals surface area (Å²) in [5.74, 6) is 0. The summed E-state index contributed by atoms with van der Waals surface area (Å²) in [6.45, 7) is 0. The third kappa shape index (κ3) is 4.92. The zero-order valence-electron chi connectivity index (χ0n) is 27.7. The monoisotopic (exact) mass is 714 g/mol. The van der Waals surface area contributed by atoms with Gasteiger partial charge in [0.25, 0.3) is 0 Å². The van der Waals surface area contributed by atoms with Crippen molar-refractivity contribution in [1.82, 2.24) is 9.13 Å². The molecular weight excluding hydrogens is 684 g/mol. The maximum Gasteiger partial charge on any atom is 0.0547 e. The number of para-hydroxylation sites is 4. The molecular formula is C48H31BrN2. The van der Waals surface area contributed by atoms with Crippen LogP contribution in [0.2, 0.25) is 0 Å². The van der Waals surface area contributed by atoms with Crippen molar-refractivity contribution in [2.24, 2.45) is 0 Å². The average molecular weight is 716 g/mol. The molecule has 3 heteroatoms. The smallest absolute Gasteiger partial charge is 0.0547 e. The molecule has 0 amide bonds. The Morgan fingerprint density at radius 2 is 0.843 bits per heavy atom. The molecule has 2 nitrogen and oxygen atoms in total. The lowest BCUT2D eigenvalue weighted by atomic mass is 9.91. The average Bonchev–Trinajstić information content (AvgIpc) is 3.71. The highest BCUT2D eigenvalue weighted by Crippen LogP contribution is 2.42. The molecule has 2 aromatic heterocycles. The van der Waals surface area contributed by atoms with E-state index < -0.39 is 0 Å². The first-order chi connectivity index (χ1) is 25.2. The first-order valence-electron chi connectivity index (χ1n) is 17.3. The van der Waals surface area contributed by atoms with Crippen LogP contribution in [-0.2, 0) is 0 Å². The maximum atomic E-state index is 3.74. The van der Waals surface area contributed by atoms with Crippen molar-refractivity contribution in [2.75, 3.05) is 0 Å². The van der Waals surface area contributed by atoms with E-state index in [1.54, 1.807) is 0 Å². The molecule has 0 unspecified atom stereocenters. The van der Waals surface area contributed by atoms with Crippen LogP contribution in [0.4, 0.5) is 0 Å². The lowest BCUT2D eigenvalue weighted by Crippen LogP contribution is -1.93. The largest absolute Gasteiger partial charge is 0.309 e. The van der Waals surface area contributed by atoms with Crippen molar-refractivity contribution >= 4 is 59.5 Å². The first kappa shape index (κ1) is 29.7. The Morgan fingerprint density at radius 1 is 0.314 bits per heavy atom.